The summed E-state index contributed by atoms with van der Waals surface area (Å²) in [5.74, 6) is 0.110. The number of ether oxygens (including phenoxy) is 1. The Morgan fingerprint density at radius 2 is 1.94 bits per heavy atom. The molecule has 34 heavy (non-hydrogen) atoms. The average molecular weight is 491 g/mol. The van der Waals surface area contributed by atoms with Crippen molar-refractivity contribution < 1.29 is 19.1 Å². The number of carbonyl (C=O) groups is 3. The van der Waals surface area contributed by atoms with Gasteiger partial charge in [-0.1, -0.05) is 24.4 Å². The Hall–Kier alpha value is -2.16. The molecule has 0 spiro atoms. The van der Waals surface area contributed by atoms with E-state index >= 15 is 0 Å². The first-order valence-electron chi connectivity index (χ1n) is 12.3. The zero-order valence-electron chi connectivity index (χ0n) is 20.1. The van der Waals surface area contributed by atoms with Crippen molar-refractivity contribution in [2.45, 2.75) is 52.1 Å². The molecule has 1 atom stereocenters. The van der Waals surface area contributed by atoms with Crippen LogP contribution in [-0.4, -0.2) is 84.4 Å². The molecular weight excluding hydrogens is 456 g/mol. The van der Waals surface area contributed by atoms with Gasteiger partial charge in [0, 0.05) is 55.4 Å². The number of amides is 3. The van der Waals surface area contributed by atoms with Crippen molar-refractivity contribution in [3.8, 4) is 0 Å². The van der Waals surface area contributed by atoms with E-state index in [0.29, 0.717) is 36.3 Å². The predicted molar refractivity (Wildman–Crippen MR) is 131 cm³/mol. The first kappa shape index (κ1) is 24.9. The Balaban J connectivity index is 1.36. The number of nitrogens with one attached hydrogen (secondary N) is 1. The summed E-state index contributed by atoms with van der Waals surface area (Å²) in [5.41, 5.74) is 2.67. The van der Waals surface area contributed by atoms with Gasteiger partial charge < -0.3 is 19.9 Å². The lowest BCUT2D eigenvalue weighted by Crippen LogP contribution is -2.54. The molecule has 0 bridgehead atoms. The van der Waals surface area contributed by atoms with Gasteiger partial charge in [-0.2, -0.15) is 0 Å². The molecule has 9 heteroatoms. The monoisotopic (exact) mass is 490 g/mol. The molecule has 2 aliphatic heterocycles. The third kappa shape index (κ3) is 5.90. The van der Waals surface area contributed by atoms with Crippen molar-refractivity contribution in [1.29, 1.82) is 0 Å². The maximum absolute atomic E-state index is 12.9. The van der Waals surface area contributed by atoms with Gasteiger partial charge in [-0.15, -0.1) is 0 Å². The minimum atomic E-state index is -0.251. The summed E-state index contributed by atoms with van der Waals surface area (Å²) < 4.78 is 5.12. The summed E-state index contributed by atoms with van der Waals surface area (Å²) >= 11 is 6.40. The first-order chi connectivity index (χ1) is 16.3. The molecule has 2 heterocycles. The van der Waals surface area contributed by atoms with E-state index in [1.165, 1.54) is 17.7 Å². The molecule has 1 N–H and O–H groups in total. The minimum Gasteiger partial charge on any atom is -0.370 e. The molecule has 0 radical (unpaired) electrons. The molecule has 0 aromatic heterocycles. The topological polar surface area (TPSA) is 82.2 Å². The Bertz CT molecular complexity index is 934. The summed E-state index contributed by atoms with van der Waals surface area (Å²) in [7, 11) is 0. The average Bonchev–Trinajstić information content (AvgIpc) is 3.33. The number of carbonyl (C=O) groups excluding carboxylic acids is 3. The third-order valence-corrected chi connectivity index (χ3v) is 7.48. The van der Waals surface area contributed by atoms with E-state index in [-0.39, 0.29) is 36.9 Å². The van der Waals surface area contributed by atoms with Crippen LogP contribution in [0.3, 0.4) is 0 Å². The normalized spacial score (nSPS) is 22.3. The van der Waals surface area contributed by atoms with E-state index in [9.17, 15) is 14.4 Å². The molecule has 1 aliphatic carbocycles. The van der Waals surface area contributed by atoms with E-state index in [1.54, 1.807) is 6.07 Å². The van der Waals surface area contributed by atoms with E-state index in [4.69, 9.17) is 16.3 Å². The van der Waals surface area contributed by atoms with Gasteiger partial charge in [-0.3, -0.25) is 19.3 Å². The van der Waals surface area contributed by atoms with Gasteiger partial charge in [0.2, 0.25) is 17.7 Å². The number of nitrogens with zero attached hydrogens (tertiary/aromatic N) is 3. The molecule has 8 nitrogen and oxygen atoms in total. The van der Waals surface area contributed by atoms with Crippen molar-refractivity contribution in [1.82, 2.24) is 14.7 Å². The Labute approximate surface area is 206 Å². The lowest BCUT2D eigenvalue weighted by atomic mass is 10.0. The molecule has 2 saturated heterocycles. The number of hydrogen-bond donors (Lipinski definition) is 1. The van der Waals surface area contributed by atoms with Gasteiger partial charge in [0.05, 0.1) is 6.61 Å². The van der Waals surface area contributed by atoms with Crippen molar-refractivity contribution in [2.75, 3.05) is 51.3 Å². The van der Waals surface area contributed by atoms with Crippen LogP contribution < -0.4 is 5.32 Å². The van der Waals surface area contributed by atoms with Crippen LogP contribution in [-0.2, 0) is 25.7 Å². The van der Waals surface area contributed by atoms with Crippen molar-refractivity contribution in [3.05, 3.63) is 28.3 Å². The van der Waals surface area contributed by atoms with E-state index in [2.05, 4.69) is 22.0 Å². The molecule has 1 saturated carbocycles. The quantitative estimate of drug-likeness (QED) is 0.663. The second-order valence-corrected chi connectivity index (χ2v) is 10.2. The van der Waals surface area contributed by atoms with Crippen LogP contribution in [0.15, 0.2) is 12.1 Å². The first-order valence-corrected chi connectivity index (χ1v) is 12.7. The van der Waals surface area contributed by atoms with Crippen molar-refractivity contribution >= 4 is 35.0 Å². The molecule has 1 aromatic carbocycles. The Kier molecular flexibility index (Phi) is 8.11. The fourth-order valence-electron chi connectivity index (χ4n) is 5.26. The summed E-state index contributed by atoms with van der Waals surface area (Å²) in [4.78, 5) is 43.3. The standard InChI is InChI=1S/C25H35ClN4O4/c1-17-13-28(7-8-30(17)25(33)19-5-3-4-6-19)14-20-11-21(26)12-22(18(20)2)27-23(31)15-29-9-10-34-16-24(29)32/h11-12,17,19H,3-10,13-16H2,1-2H3,(H,27,31)/t17-/m0/s1. The maximum Gasteiger partial charge on any atom is 0.249 e. The highest BCUT2D eigenvalue weighted by Gasteiger charge is 2.33. The number of rotatable bonds is 6. The molecule has 1 aromatic rings. The molecule has 4 rings (SSSR count). The number of morpholine rings is 1. The lowest BCUT2D eigenvalue weighted by molar-refractivity contribution is -0.145. The number of benzene rings is 1. The van der Waals surface area contributed by atoms with Crippen LogP contribution in [0.1, 0.15) is 43.7 Å². The fraction of sp³-hybridized carbons (Fsp3) is 0.640. The van der Waals surface area contributed by atoms with E-state index < -0.39 is 0 Å². The number of piperazine rings is 1. The summed E-state index contributed by atoms with van der Waals surface area (Å²) in [6.45, 7) is 8.05. The largest absolute Gasteiger partial charge is 0.370 e. The van der Waals surface area contributed by atoms with Gasteiger partial charge in [0.15, 0.2) is 0 Å². The number of anilines is 1. The number of hydrogen-bond acceptors (Lipinski definition) is 5. The third-order valence-electron chi connectivity index (χ3n) is 7.27. The van der Waals surface area contributed by atoms with E-state index in [1.807, 2.05) is 13.0 Å². The molecule has 3 fully saturated rings. The number of halogens is 1. The molecular formula is C25H35ClN4O4. The van der Waals surface area contributed by atoms with Crippen LogP contribution in [0.5, 0.6) is 0 Å². The second kappa shape index (κ2) is 11.1. The SMILES string of the molecule is Cc1c(CN2CCN(C(=O)C3CCCC3)[C@@H](C)C2)cc(Cl)cc1NC(=O)CN1CCOCC1=O. The predicted octanol–water partition coefficient (Wildman–Crippen LogP) is 2.67. The second-order valence-electron chi connectivity index (χ2n) is 9.75. The van der Waals surface area contributed by atoms with Crippen LogP contribution in [0.4, 0.5) is 5.69 Å². The van der Waals surface area contributed by atoms with Crippen LogP contribution in [0.25, 0.3) is 0 Å². The maximum atomic E-state index is 12.9. The van der Waals surface area contributed by atoms with Gasteiger partial charge in [0.1, 0.15) is 13.2 Å². The minimum absolute atomic E-state index is 0.00201. The Morgan fingerprint density at radius 1 is 1.18 bits per heavy atom. The van der Waals surface area contributed by atoms with Gasteiger partial charge in [-0.25, -0.2) is 0 Å². The molecule has 0 unspecified atom stereocenters. The lowest BCUT2D eigenvalue weighted by Gasteiger charge is -2.41. The zero-order valence-corrected chi connectivity index (χ0v) is 20.9. The smallest absolute Gasteiger partial charge is 0.249 e. The van der Waals surface area contributed by atoms with Crippen molar-refractivity contribution in [2.24, 2.45) is 5.92 Å². The summed E-state index contributed by atoms with van der Waals surface area (Å²) in [6.07, 6.45) is 4.39. The van der Waals surface area contributed by atoms with E-state index in [0.717, 1.165) is 43.6 Å². The molecule has 3 amide bonds. The summed E-state index contributed by atoms with van der Waals surface area (Å²) in [6, 6.07) is 3.87. The van der Waals surface area contributed by atoms with Gasteiger partial charge in [-0.05, 0) is 49.9 Å². The molecule has 3 aliphatic rings. The van der Waals surface area contributed by atoms with Crippen LogP contribution >= 0.6 is 11.6 Å². The van der Waals surface area contributed by atoms with Crippen molar-refractivity contribution in [3.63, 3.8) is 0 Å². The highest BCUT2D eigenvalue weighted by molar-refractivity contribution is 6.31. The highest BCUT2D eigenvalue weighted by atomic mass is 35.5. The fourth-order valence-corrected chi connectivity index (χ4v) is 5.50. The molecule has 186 valence electrons. The highest BCUT2D eigenvalue weighted by Crippen LogP contribution is 2.29. The zero-order chi connectivity index (χ0) is 24.2. The van der Waals surface area contributed by atoms with Gasteiger partial charge in [0.25, 0.3) is 0 Å². The van der Waals surface area contributed by atoms with Crippen LogP contribution in [0, 0.1) is 12.8 Å². The van der Waals surface area contributed by atoms with Gasteiger partial charge >= 0.3 is 0 Å². The van der Waals surface area contributed by atoms with Crippen LogP contribution in [0.2, 0.25) is 5.02 Å². The summed E-state index contributed by atoms with van der Waals surface area (Å²) in [5, 5.41) is 3.49. The Morgan fingerprint density at radius 3 is 2.65 bits per heavy atom.